The Hall–Kier alpha value is -4.25. The number of benzene rings is 2. The quantitative estimate of drug-likeness (QED) is 0.227. The van der Waals surface area contributed by atoms with E-state index in [1.165, 1.54) is 22.8 Å². The molecule has 0 unspecified atom stereocenters. The molecule has 10 nitrogen and oxygen atoms in total. The maximum atomic E-state index is 14.0. The molecule has 11 heteroatoms. The molecule has 208 valence electrons. The third-order valence-corrected chi connectivity index (χ3v) is 7.80. The molecule has 1 aromatic heterocycles. The van der Waals surface area contributed by atoms with Gasteiger partial charge < -0.3 is 14.2 Å². The third kappa shape index (κ3) is 4.92. The molecular formula is C29H29N3O7S. The Labute approximate surface area is 234 Å². The molecule has 5 rings (SSSR count). The van der Waals surface area contributed by atoms with Gasteiger partial charge in [0.2, 0.25) is 6.79 Å². The first-order chi connectivity index (χ1) is 19.2. The number of nitrogens with zero attached hydrogens (tertiary/aromatic N) is 3. The number of fused-ring (bicyclic) bond motifs is 2. The maximum Gasteiger partial charge on any atom is 0.338 e. The van der Waals surface area contributed by atoms with Crippen molar-refractivity contribution in [1.82, 2.24) is 4.57 Å². The number of allylic oxidation sites excluding steroid dienone is 1. The number of rotatable bonds is 8. The summed E-state index contributed by atoms with van der Waals surface area (Å²) in [5, 5.41) is 11.8. The number of carbonyl (C=O) groups is 1. The zero-order valence-electron chi connectivity index (χ0n) is 22.6. The fourth-order valence-electron chi connectivity index (χ4n) is 4.86. The van der Waals surface area contributed by atoms with Crippen molar-refractivity contribution in [3.8, 4) is 11.5 Å². The van der Waals surface area contributed by atoms with Gasteiger partial charge in [-0.25, -0.2) is 9.79 Å². The molecule has 0 N–H and O–H groups in total. The topological polar surface area (TPSA) is 122 Å². The number of thiazole rings is 1. The van der Waals surface area contributed by atoms with Gasteiger partial charge in [0.15, 0.2) is 16.3 Å². The highest BCUT2D eigenvalue weighted by molar-refractivity contribution is 7.07. The fourth-order valence-corrected chi connectivity index (χ4v) is 5.87. The average molecular weight is 564 g/mol. The SMILES string of the molecule is CCCC1=C(C(=O)OCC)[C@H](c2ccc(C(C)C)cc2)n2c(s/c(=C\c3cc4c(cc3[N+](=O)[O-])OCO4)c2=O)=N1. The molecule has 0 aliphatic carbocycles. The molecule has 0 fully saturated rings. The molecule has 2 aliphatic rings. The second-order valence-electron chi connectivity index (χ2n) is 9.76. The minimum Gasteiger partial charge on any atom is -0.463 e. The highest BCUT2D eigenvalue weighted by Gasteiger charge is 2.34. The van der Waals surface area contributed by atoms with Crippen molar-refractivity contribution in [2.24, 2.45) is 4.99 Å². The summed E-state index contributed by atoms with van der Waals surface area (Å²) in [4.78, 5) is 43.8. The first-order valence-electron chi connectivity index (χ1n) is 13.1. The summed E-state index contributed by atoms with van der Waals surface area (Å²) in [5.41, 5.74) is 2.35. The number of carbonyl (C=O) groups excluding carboxylic acids is 1. The minimum atomic E-state index is -0.757. The third-order valence-electron chi connectivity index (χ3n) is 6.82. The van der Waals surface area contributed by atoms with Gasteiger partial charge in [0.1, 0.15) is 0 Å². The molecule has 0 amide bonds. The molecule has 0 spiro atoms. The lowest BCUT2D eigenvalue weighted by atomic mass is 9.92. The number of hydrogen-bond acceptors (Lipinski definition) is 9. The lowest BCUT2D eigenvalue weighted by Crippen LogP contribution is -2.40. The Kier molecular flexibility index (Phi) is 7.57. The van der Waals surface area contributed by atoms with Crippen molar-refractivity contribution in [2.75, 3.05) is 13.4 Å². The van der Waals surface area contributed by atoms with Crippen LogP contribution in [0.4, 0.5) is 5.69 Å². The predicted octanol–water partition coefficient (Wildman–Crippen LogP) is 4.34. The number of aromatic nitrogens is 1. The van der Waals surface area contributed by atoms with Crippen LogP contribution in [0, 0.1) is 10.1 Å². The van der Waals surface area contributed by atoms with Crippen LogP contribution >= 0.6 is 11.3 Å². The van der Waals surface area contributed by atoms with E-state index in [4.69, 9.17) is 19.2 Å². The van der Waals surface area contributed by atoms with E-state index in [0.29, 0.717) is 34.2 Å². The van der Waals surface area contributed by atoms with Crippen molar-refractivity contribution >= 4 is 29.1 Å². The molecule has 0 saturated carbocycles. The van der Waals surface area contributed by atoms with E-state index in [0.717, 1.165) is 28.9 Å². The van der Waals surface area contributed by atoms with Crippen LogP contribution in [0.5, 0.6) is 11.5 Å². The van der Waals surface area contributed by atoms with Crippen molar-refractivity contribution in [1.29, 1.82) is 0 Å². The number of nitro groups is 1. The smallest absolute Gasteiger partial charge is 0.338 e. The highest BCUT2D eigenvalue weighted by Crippen LogP contribution is 2.38. The van der Waals surface area contributed by atoms with Crippen LogP contribution in [0.2, 0.25) is 0 Å². The van der Waals surface area contributed by atoms with E-state index >= 15 is 0 Å². The van der Waals surface area contributed by atoms with E-state index in [1.54, 1.807) is 6.92 Å². The second-order valence-corrected chi connectivity index (χ2v) is 10.8. The number of esters is 1. The van der Waals surface area contributed by atoms with Crippen molar-refractivity contribution < 1.29 is 23.9 Å². The van der Waals surface area contributed by atoms with Gasteiger partial charge in [0.25, 0.3) is 11.2 Å². The average Bonchev–Trinajstić information content (AvgIpc) is 3.51. The van der Waals surface area contributed by atoms with Gasteiger partial charge >= 0.3 is 5.97 Å². The van der Waals surface area contributed by atoms with Crippen molar-refractivity contribution in [3.63, 3.8) is 0 Å². The van der Waals surface area contributed by atoms with Crippen LogP contribution in [-0.2, 0) is 9.53 Å². The van der Waals surface area contributed by atoms with E-state index in [2.05, 4.69) is 13.8 Å². The number of ether oxygens (including phenoxy) is 3. The van der Waals surface area contributed by atoms with Gasteiger partial charge in [-0.1, -0.05) is 62.8 Å². The summed E-state index contributed by atoms with van der Waals surface area (Å²) in [5.74, 6) is 0.429. The largest absolute Gasteiger partial charge is 0.463 e. The molecule has 0 bridgehead atoms. The Bertz CT molecular complexity index is 1700. The van der Waals surface area contributed by atoms with Gasteiger partial charge in [-0.15, -0.1) is 0 Å². The van der Waals surface area contributed by atoms with Gasteiger partial charge in [-0.3, -0.25) is 19.5 Å². The Balaban J connectivity index is 1.75. The van der Waals surface area contributed by atoms with Crippen molar-refractivity contribution in [2.45, 2.75) is 52.5 Å². The second kappa shape index (κ2) is 11.1. The molecular weight excluding hydrogens is 534 g/mol. The van der Waals surface area contributed by atoms with Crippen LogP contribution in [-0.4, -0.2) is 28.9 Å². The number of hydrogen-bond donors (Lipinski definition) is 0. The fraction of sp³-hybridized carbons (Fsp3) is 0.345. The van der Waals surface area contributed by atoms with E-state index in [-0.39, 0.29) is 34.9 Å². The normalized spacial score (nSPS) is 16.2. The van der Waals surface area contributed by atoms with Crippen molar-refractivity contribution in [3.05, 3.63) is 94.2 Å². The van der Waals surface area contributed by atoms with Crippen LogP contribution in [0.25, 0.3) is 6.08 Å². The molecule has 0 radical (unpaired) electrons. The summed E-state index contributed by atoms with van der Waals surface area (Å²) < 4.78 is 17.9. The first-order valence-corrected chi connectivity index (χ1v) is 13.9. The zero-order chi connectivity index (χ0) is 28.6. The Morgan fingerprint density at radius 1 is 1.23 bits per heavy atom. The van der Waals surface area contributed by atoms with Crippen LogP contribution in [0.1, 0.15) is 69.2 Å². The van der Waals surface area contributed by atoms with E-state index in [9.17, 15) is 19.7 Å². The zero-order valence-corrected chi connectivity index (χ0v) is 23.4. The maximum absolute atomic E-state index is 14.0. The summed E-state index contributed by atoms with van der Waals surface area (Å²) in [6.45, 7) is 8.06. The van der Waals surface area contributed by atoms with Crippen LogP contribution < -0.4 is 24.4 Å². The molecule has 0 saturated heterocycles. The predicted molar refractivity (Wildman–Crippen MR) is 149 cm³/mol. The van der Waals surface area contributed by atoms with E-state index < -0.39 is 22.5 Å². The molecule has 2 aliphatic heterocycles. The van der Waals surface area contributed by atoms with E-state index in [1.807, 2.05) is 31.2 Å². The highest BCUT2D eigenvalue weighted by atomic mass is 32.1. The lowest BCUT2D eigenvalue weighted by Gasteiger charge is -2.26. The summed E-state index contributed by atoms with van der Waals surface area (Å²) >= 11 is 1.12. The number of nitro benzene ring substituents is 1. The summed E-state index contributed by atoms with van der Waals surface area (Å²) in [7, 11) is 0. The molecule has 2 aromatic carbocycles. The summed E-state index contributed by atoms with van der Waals surface area (Å²) in [6, 6.07) is 9.87. The summed E-state index contributed by atoms with van der Waals surface area (Å²) in [6.07, 6.45) is 2.72. The minimum absolute atomic E-state index is 0.0371. The Morgan fingerprint density at radius 3 is 2.55 bits per heavy atom. The standard InChI is InChI=1S/C29H29N3O7S/c1-5-7-20-25(28(34)37-6-2)26(18-10-8-17(9-11-18)16(3)4)31-27(33)24(40-29(31)30-20)13-19-12-22-23(39-15-38-22)14-21(19)32(35)36/h8-14,16,26H,5-7,15H2,1-4H3/b24-13-/t26-/m0/s1. The van der Waals surface area contributed by atoms with Gasteiger partial charge in [0, 0.05) is 0 Å². The molecule has 40 heavy (non-hydrogen) atoms. The van der Waals surface area contributed by atoms with Gasteiger partial charge in [0.05, 0.1) is 45.0 Å². The van der Waals surface area contributed by atoms with Crippen LogP contribution in [0.3, 0.4) is 0 Å². The lowest BCUT2D eigenvalue weighted by molar-refractivity contribution is -0.385. The van der Waals surface area contributed by atoms with Gasteiger partial charge in [-0.2, -0.15) is 0 Å². The van der Waals surface area contributed by atoms with Gasteiger partial charge in [-0.05, 0) is 42.5 Å². The monoisotopic (exact) mass is 563 g/mol. The van der Waals surface area contributed by atoms with Crippen LogP contribution in [0.15, 0.2) is 57.5 Å². The molecule has 1 atom stereocenters. The molecule has 3 heterocycles. The molecule has 3 aromatic rings. The Morgan fingerprint density at radius 2 is 1.93 bits per heavy atom. The first kappa shape index (κ1) is 27.3.